The number of unbranched alkanes of at least 4 members (excludes halogenated alkanes) is 4. The number of rotatable bonds is 20. The maximum atomic E-state index is 11.9. The Labute approximate surface area is 199 Å². The van der Waals surface area contributed by atoms with Gasteiger partial charge >= 0.3 is 12.0 Å². The number of allylic oxidation sites excluding steroid dienone is 8. The predicted octanol–water partition coefficient (Wildman–Crippen LogP) is 5.15. The standard InChI is InChI=1S/C26H43N3O4/c1-2-3-4-5-6-7-8-9-10-11-12-13-14-15-16-17-18-21-24(30)29-23(25(31)32)20-19-22-28-26(27)33/h6-7,9-10,12-13,15-16,23H,2-5,8,11,14,17-22H2,1H3,(H,29,30)(H,31,32)(H3,27,28,33)/b7-6-,10-9-,13-12-,16-15-/t23-/m0/s1. The van der Waals surface area contributed by atoms with Gasteiger partial charge in [0.1, 0.15) is 6.04 Å². The maximum absolute atomic E-state index is 11.9. The van der Waals surface area contributed by atoms with Gasteiger partial charge < -0.3 is 21.5 Å². The predicted molar refractivity (Wildman–Crippen MR) is 135 cm³/mol. The van der Waals surface area contributed by atoms with Crippen LogP contribution < -0.4 is 16.4 Å². The van der Waals surface area contributed by atoms with Crippen LogP contribution in [-0.4, -0.2) is 35.6 Å². The van der Waals surface area contributed by atoms with Crippen LogP contribution in [0.4, 0.5) is 4.79 Å². The van der Waals surface area contributed by atoms with Gasteiger partial charge in [0.15, 0.2) is 0 Å². The first-order valence-electron chi connectivity index (χ1n) is 12.1. The third-order valence-electron chi connectivity index (χ3n) is 4.83. The summed E-state index contributed by atoms with van der Waals surface area (Å²) >= 11 is 0. The van der Waals surface area contributed by atoms with Gasteiger partial charge in [0.2, 0.25) is 5.91 Å². The second-order valence-electron chi connectivity index (χ2n) is 7.87. The number of urea groups is 1. The second kappa shape index (κ2) is 22.4. The number of hydrogen-bond acceptors (Lipinski definition) is 3. The van der Waals surface area contributed by atoms with Crippen LogP contribution in [0.15, 0.2) is 48.6 Å². The van der Waals surface area contributed by atoms with Crippen molar-refractivity contribution in [2.75, 3.05) is 6.54 Å². The van der Waals surface area contributed by atoms with Crippen molar-refractivity contribution < 1.29 is 19.5 Å². The monoisotopic (exact) mass is 461 g/mol. The minimum absolute atomic E-state index is 0.235. The van der Waals surface area contributed by atoms with Gasteiger partial charge in [-0.05, 0) is 57.8 Å². The maximum Gasteiger partial charge on any atom is 0.326 e. The van der Waals surface area contributed by atoms with Gasteiger partial charge in [0.05, 0.1) is 0 Å². The quantitative estimate of drug-likeness (QED) is 0.148. The lowest BCUT2D eigenvalue weighted by Crippen LogP contribution is -2.41. The Morgan fingerprint density at radius 3 is 1.88 bits per heavy atom. The molecule has 5 N–H and O–H groups in total. The zero-order chi connectivity index (χ0) is 24.6. The molecule has 0 aliphatic heterocycles. The van der Waals surface area contributed by atoms with E-state index in [2.05, 4.69) is 60.1 Å². The van der Waals surface area contributed by atoms with Crippen molar-refractivity contribution in [3.8, 4) is 0 Å². The number of hydrogen-bond donors (Lipinski definition) is 4. The molecule has 0 radical (unpaired) electrons. The van der Waals surface area contributed by atoms with E-state index in [0.717, 1.165) is 25.7 Å². The van der Waals surface area contributed by atoms with Crippen molar-refractivity contribution in [3.63, 3.8) is 0 Å². The van der Waals surface area contributed by atoms with Gasteiger partial charge in [-0.2, -0.15) is 0 Å². The summed E-state index contributed by atoms with van der Waals surface area (Å²) in [5.41, 5.74) is 4.95. The number of carbonyl (C=O) groups excluding carboxylic acids is 2. The van der Waals surface area contributed by atoms with E-state index >= 15 is 0 Å². The average Bonchev–Trinajstić information content (AvgIpc) is 2.77. The second-order valence-corrected chi connectivity index (χ2v) is 7.87. The zero-order valence-corrected chi connectivity index (χ0v) is 20.1. The highest BCUT2D eigenvalue weighted by molar-refractivity contribution is 5.83. The lowest BCUT2D eigenvalue weighted by Gasteiger charge is -2.14. The largest absolute Gasteiger partial charge is 0.480 e. The van der Waals surface area contributed by atoms with Crippen LogP contribution in [0, 0.1) is 0 Å². The summed E-state index contributed by atoms with van der Waals surface area (Å²) in [7, 11) is 0. The Kier molecular flexibility index (Phi) is 20.4. The van der Waals surface area contributed by atoms with Crippen molar-refractivity contribution >= 4 is 17.9 Å². The smallest absolute Gasteiger partial charge is 0.326 e. The van der Waals surface area contributed by atoms with E-state index in [1.54, 1.807) is 0 Å². The summed E-state index contributed by atoms with van der Waals surface area (Å²) in [5.74, 6) is -1.36. The molecule has 1 atom stereocenters. The minimum atomic E-state index is -1.08. The SMILES string of the molecule is CCCCC/C=C\C/C=C\C/C=C\C/C=C\CCCC(=O)N[C@@H](CCCNC(N)=O)C(=O)O. The molecular weight excluding hydrogens is 418 g/mol. The molecule has 0 aliphatic carbocycles. The molecule has 0 spiro atoms. The number of amides is 3. The van der Waals surface area contributed by atoms with Crippen molar-refractivity contribution in [1.82, 2.24) is 10.6 Å². The Hall–Kier alpha value is -2.83. The highest BCUT2D eigenvalue weighted by Crippen LogP contribution is 2.03. The Balaban J connectivity index is 3.79. The lowest BCUT2D eigenvalue weighted by atomic mass is 10.1. The van der Waals surface area contributed by atoms with E-state index in [4.69, 9.17) is 5.73 Å². The fourth-order valence-electron chi connectivity index (χ4n) is 2.98. The first kappa shape index (κ1) is 30.2. The average molecular weight is 462 g/mol. The van der Waals surface area contributed by atoms with E-state index in [1.165, 1.54) is 25.7 Å². The summed E-state index contributed by atoms with van der Waals surface area (Å²) in [4.78, 5) is 33.8. The number of carboxylic acids is 1. The molecule has 33 heavy (non-hydrogen) atoms. The van der Waals surface area contributed by atoms with Gasteiger partial charge in [-0.3, -0.25) is 4.79 Å². The Bertz CT molecular complexity index is 654. The number of carbonyl (C=O) groups is 3. The topological polar surface area (TPSA) is 122 Å². The number of primary amides is 1. The van der Waals surface area contributed by atoms with Gasteiger partial charge in [-0.15, -0.1) is 0 Å². The van der Waals surface area contributed by atoms with E-state index in [9.17, 15) is 19.5 Å². The Morgan fingerprint density at radius 1 is 0.818 bits per heavy atom. The molecule has 0 rings (SSSR count). The van der Waals surface area contributed by atoms with E-state index in [1.807, 2.05) is 6.08 Å². The number of nitrogens with two attached hydrogens (primary N) is 1. The van der Waals surface area contributed by atoms with Gasteiger partial charge in [0.25, 0.3) is 0 Å². The number of carboxylic acid groups (broad SMARTS) is 1. The fraction of sp³-hybridized carbons (Fsp3) is 0.577. The molecular formula is C26H43N3O4. The summed E-state index contributed by atoms with van der Waals surface area (Å²) in [5, 5.41) is 14.1. The molecule has 0 aliphatic rings. The van der Waals surface area contributed by atoms with Crippen molar-refractivity contribution in [3.05, 3.63) is 48.6 Å². The summed E-state index contributed by atoms with van der Waals surface area (Å²) in [6.45, 7) is 2.50. The molecule has 0 aromatic carbocycles. The first-order chi connectivity index (χ1) is 16.0. The highest BCUT2D eigenvalue weighted by Gasteiger charge is 2.18. The Morgan fingerprint density at radius 2 is 1.36 bits per heavy atom. The van der Waals surface area contributed by atoms with E-state index in [0.29, 0.717) is 12.8 Å². The normalized spacial score (nSPS) is 12.8. The summed E-state index contributed by atoms with van der Waals surface area (Å²) in [6, 6.07) is -1.61. The molecule has 0 fully saturated rings. The number of nitrogens with one attached hydrogen (secondary N) is 2. The molecule has 0 bridgehead atoms. The first-order valence-corrected chi connectivity index (χ1v) is 12.1. The molecule has 0 aromatic rings. The molecule has 0 saturated carbocycles. The van der Waals surface area contributed by atoms with Crippen LogP contribution in [0.25, 0.3) is 0 Å². The van der Waals surface area contributed by atoms with Crippen LogP contribution in [-0.2, 0) is 9.59 Å². The molecule has 0 unspecified atom stereocenters. The van der Waals surface area contributed by atoms with Crippen LogP contribution in [0.1, 0.15) is 84.0 Å². The zero-order valence-electron chi connectivity index (χ0n) is 20.1. The molecule has 0 heterocycles. The highest BCUT2D eigenvalue weighted by atomic mass is 16.4. The van der Waals surface area contributed by atoms with E-state index in [-0.39, 0.29) is 25.3 Å². The lowest BCUT2D eigenvalue weighted by molar-refractivity contribution is -0.142. The van der Waals surface area contributed by atoms with Crippen molar-refractivity contribution in [1.29, 1.82) is 0 Å². The summed E-state index contributed by atoms with van der Waals surface area (Å²) in [6.07, 6.45) is 27.4. The van der Waals surface area contributed by atoms with Gasteiger partial charge in [-0.1, -0.05) is 68.4 Å². The van der Waals surface area contributed by atoms with Crippen LogP contribution in [0.3, 0.4) is 0 Å². The van der Waals surface area contributed by atoms with Crippen molar-refractivity contribution in [2.24, 2.45) is 5.73 Å². The molecule has 0 saturated heterocycles. The number of aliphatic carboxylic acids is 1. The summed E-state index contributed by atoms with van der Waals surface area (Å²) < 4.78 is 0. The van der Waals surface area contributed by atoms with E-state index < -0.39 is 18.0 Å². The molecule has 186 valence electrons. The molecule has 7 nitrogen and oxygen atoms in total. The third-order valence-corrected chi connectivity index (χ3v) is 4.83. The van der Waals surface area contributed by atoms with Crippen molar-refractivity contribution in [2.45, 2.75) is 90.0 Å². The molecule has 0 aromatic heterocycles. The van der Waals surface area contributed by atoms with Gasteiger partial charge in [0, 0.05) is 13.0 Å². The molecule has 3 amide bonds. The third kappa shape index (κ3) is 22.2. The van der Waals surface area contributed by atoms with Crippen LogP contribution in [0.5, 0.6) is 0 Å². The minimum Gasteiger partial charge on any atom is -0.480 e. The van der Waals surface area contributed by atoms with Gasteiger partial charge in [-0.25, -0.2) is 9.59 Å². The fourth-order valence-corrected chi connectivity index (χ4v) is 2.98. The van der Waals surface area contributed by atoms with Crippen LogP contribution in [0.2, 0.25) is 0 Å². The van der Waals surface area contributed by atoms with Crippen LogP contribution >= 0.6 is 0 Å². The molecule has 7 heteroatoms.